The average Bonchev–Trinajstić information content (AvgIpc) is 2.35. The summed E-state index contributed by atoms with van der Waals surface area (Å²) < 4.78 is 0. The summed E-state index contributed by atoms with van der Waals surface area (Å²) in [6, 6.07) is 7.05. The number of aliphatic carboxylic acids is 1. The number of ketones is 1. The van der Waals surface area contributed by atoms with Crippen LogP contribution in [-0.4, -0.2) is 23.9 Å². The summed E-state index contributed by atoms with van der Waals surface area (Å²) >= 11 is 0. The minimum Gasteiger partial charge on any atom is -0.481 e. The van der Waals surface area contributed by atoms with Crippen molar-refractivity contribution >= 4 is 17.4 Å². The zero-order valence-corrected chi connectivity index (χ0v) is 10.1. The van der Waals surface area contributed by atoms with Gasteiger partial charge in [0.15, 0.2) is 5.78 Å². The number of rotatable bonds is 6. The number of carbonyl (C=O) groups is 2. The van der Waals surface area contributed by atoms with Crippen LogP contribution in [0.1, 0.15) is 30.1 Å². The molecule has 0 aromatic heterocycles. The Morgan fingerprint density at radius 3 is 2.29 bits per heavy atom. The molecule has 0 bridgehead atoms. The van der Waals surface area contributed by atoms with Crippen LogP contribution in [0.15, 0.2) is 24.3 Å². The SMILES string of the molecule is CC[C@H](CC(=O)O)C(=O)c1ccc(NC)cc1. The second kappa shape index (κ2) is 6.03. The molecule has 92 valence electrons. The van der Waals surface area contributed by atoms with E-state index in [1.54, 1.807) is 31.3 Å². The average molecular weight is 235 g/mol. The van der Waals surface area contributed by atoms with Gasteiger partial charge in [-0.1, -0.05) is 6.92 Å². The Balaban J connectivity index is 2.82. The molecule has 0 fully saturated rings. The van der Waals surface area contributed by atoms with Gasteiger partial charge in [-0.2, -0.15) is 0 Å². The van der Waals surface area contributed by atoms with E-state index in [4.69, 9.17) is 5.11 Å². The predicted octanol–water partition coefficient (Wildman–Crippen LogP) is 2.41. The van der Waals surface area contributed by atoms with Gasteiger partial charge in [-0.25, -0.2) is 0 Å². The van der Waals surface area contributed by atoms with Gasteiger partial charge in [-0.3, -0.25) is 9.59 Å². The van der Waals surface area contributed by atoms with Crippen molar-refractivity contribution in [1.29, 1.82) is 0 Å². The molecule has 0 spiro atoms. The van der Waals surface area contributed by atoms with Crippen molar-refractivity contribution < 1.29 is 14.7 Å². The van der Waals surface area contributed by atoms with Gasteiger partial charge < -0.3 is 10.4 Å². The maximum atomic E-state index is 12.0. The lowest BCUT2D eigenvalue weighted by Gasteiger charge is -2.11. The van der Waals surface area contributed by atoms with E-state index >= 15 is 0 Å². The fraction of sp³-hybridized carbons (Fsp3) is 0.385. The third-order valence-corrected chi connectivity index (χ3v) is 2.74. The summed E-state index contributed by atoms with van der Waals surface area (Å²) in [5.74, 6) is -1.47. The van der Waals surface area contributed by atoms with E-state index in [-0.39, 0.29) is 12.2 Å². The van der Waals surface area contributed by atoms with Gasteiger partial charge in [-0.05, 0) is 30.7 Å². The first-order valence-corrected chi connectivity index (χ1v) is 5.62. The van der Waals surface area contributed by atoms with Crippen LogP contribution in [0.2, 0.25) is 0 Å². The molecule has 1 atom stereocenters. The lowest BCUT2D eigenvalue weighted by atomic mass is 9.92. The number of nitrogens with one attached hydrogen (secondary N) is 1. The van der Waals surface area contributed by atoms with Gasteiger partial charge in [-0.15, -0.1) is 0 Å². The lowest BCUT2D eigenvalue weighted by Crippen LogP contribution is -2.17. The highest BCUT2D eigenvalue weighted by Gasteiger charge is 2.20. The van der Waals surface area contributed by atoms with Crippen molar-refractivity contribution in [1.82, 2.24) is 0 Å². The van der Waals surface area contributed by atoms with Crippen molar-refractivity contribution in [2.24, 2.45) is 5.92 Å². The van der Waals surface area contributed by atoms with Gasteiger partial charge in [0.25, 0.3) is 0 Å². The third kappa shape index (κ3) is 3.59. The number of carboxylic acid groups (broad SMARTS) is 1. The van der Waals surface area contributed by atoms with Crippen LogP contribution in [0.25, 0.3) is 0 Å². The highest BCUT2D eigenvalue weighted by atomic mass is 16.4. The van der Waals surface area contributed by atoms with E-state index in [1.165, 1.54) is 0 Å². The second-order valence-electron chi connectivity index (χ2n) is 3.89. The molecule has 1 rings (SSSR count). The van der Waals surface area contributed by atoms with Gasteiger partial charge >= 0.3 is 5.97 Å². The largest absolute Gasteiger partial charge is 0.481 e. The number of carbonyl (C=O) groups excluding carboxylic acids is 1. The quantitative estimate of drug-likeness (QED) is 0.743. The summed E-state index contributed by atoms with van der Waals surface area (Å²) in [7, 11) is 1.80. The smallest absolute Gasteiger partial charge is 0.304 e. The molecule has 0 aliphatic carbocycles. The Hall–Kier alpha value is -1.84. The molecule has 0 aliphatic rings. The first-order valence-electron chi connectivity index (χ1n) is 5.62. The minimum atomic E-state index is -0.933. The van der Waals surface area contributed by atoms with Crippen molar-refractivity contribution in [2.45, 2.75) is 19.8 Å². The number of hydrogen-bond donors (Lipinski definition) is 2. The Morgan fingerprint density at radius 1 is 1.29 bits per heavy atom. The van der Waals surface area contributed by atoms with Gasteiger partial charge in [0.05, 0.1) is 6.42 Å². The Bertz CT molecular complexity index is 398. The molecule has 0 aliphatic heterocycles. The summed E-state index contributed by atoms with van der Waals surface area (Å²) in [5, 5.41) is 11.7. The van der Waals surface area contributed by atoms with Crippen LogP contribution in [0.5, 0.6) is 0 Å². The maximum absolute atomic E-state index is 12.0. The van der Waals surface area contributed by atoms with Gasteiger partial charge in [0.2, 0.25) is 0 Å². The molecule has 4 heteroatoms. The van der Waals surface area contributed by atoms with Crippen molar-refractivity contribution in [3.8, 4) is 0 Å². The number of Topliss-reactive ketones (excluding diaryl/α,β-unsaturated/α-hetero) is 1. The second-order valence-corrected chi connectivity index (χ2v) is 3.89. The number of carboxylic acids is 1. The monoisotopic (exact) mass is 235 g/mol. The molecule has 0 amide bonds. The van der Waals surface area contributed by atoms with E-state index in [2.05, 4.69) is 5.32 Å². The molecule has 0 unspecified atom stereocenters. The van der Waals surface area contributed by atoms with Crippen molar-refractivity contribution in [3.05, 3.63) is 29.8 Å². The fourth-order valence-corrected chi connectivity index (χ4v) is 1.67. The summed E-state index contributed by atoms with van der Waals surface area (Å²) in [5.41, 5.74) is 1.49. The first kappa shape index (κ1) is 13.2. The molecule has 4 nitrogen and oxygen atoms in total. The number of anilines is 1. The fourth-order valence-electron chi connectivity index (χ4n) is 1.67. The van der Waals surface area contributed by atoms with Crippen molar-refractivity contribution in [2.75, 3.05) is 12.4 Å². The lowest BCUT2D eigenvalue weighted by molar-refractivity contribution is -0.137. The summed E-state index contributed by atoms with van der Waals surface area (Å²) in [6.07, 6.45) is 0.433. The molecule has 17 heavy (non-hydrogen) atoms. The van der Waals surface area contributed by atoms with Gasteiger partial charge in [0, 0.05) is 24.2 Å². The van der Waals surface area contributed by atoms with E-state index in [0.717, 1.165) is 5.69 Å². The summed E-state index contributed by atoms with van der Waals surface area (Å²) in [6.45, 7) is 1.83. The van der Waals surface area contributed by atoms with Crippen LogP contribution in [-0.2, 0) is 4.79 Å². The standard InChI is InChI=1S/C13H17NO3/c1-3-9(8-12(15)16)13(17)10-4-6-11(14-2)7-5-10/h4-7,9,14H,3,8H2,1-2H3,(H,15,16)/t9-/m1/s1. The topological polar surface area (TPSA) is 66.4 Å². The number of benzene rings is 1. The molecule has 1 aromatic rings. The van der Waals surface area contributed by atoms with Crippen LogP contribution in [0.3, 0.4) is 0 Å². The zero-order valence-electron chi connectivity index (χ0n) is 10.1. The van der Waals surface area contributed by atoms with Gasteiger partial charge in [0.1, 0.15) is 0 Å². The van der Waals surface area contributed by atoms with Crippen LogP contribution < -0.4 is 5.32 Å². The first-order chi connectivity index (χ1) is 8.08. The molecule has 0 radical (unpaired) electrons. The molecule has 2 N–H and O–H groups in total. The van der Waals surface area contributed by atoms with E-state index in [1.807, 2.05) is 6.92 Å². The zero-order chi connectivity index (χ0) is 12.8. The Kier molecular flexibility index (Phi) is 4.69. The van der Waals surface area contributed by atoms with Crippen LogP contribution in [0, 0.1) is 5.92 Å². The molecule has 0 saturated carbocycles. The Labute approximate surface area is 101 Å². The normalized spacial score (nSPS) is 11.9. The minimum absolute atomic E-state index is 0.0995. The molecule has 1 aromatic carbocycles. The molecule has 0 saturated heterocycles. The highest BCUT2D eigenvalue weighted by Crippen LogP contribution is 2.17. The maximum Gasteiger partial charge on any atom is 0.304 e. The molecule has 0 heterocycles. The van der Waals surface area contributed by atoms with Crippen LogP contribution >= 0.6 is 0 Å². The summed E-state index contributed by atoms with van der Waals surface area (Å²) in [4.78, 5) is 22.7. The van der Waals surface area contributed by atoms with E-state index < -0.39 is 11.9 Å². The highest BCUT2D eigenvalue weighted by molar-refractivity contribution is 5.99. The number of hydrogen-bond acceptors (Lipinski definition) is 3. The molecular formula is C13H17NO3. The molecular weight excluding hydrogens is 218 g/mol. The van der Waals surface area contributed by atoms with E-state index in [0.29, 0.717) is 12.0 Å². The van der Waals surface area contributed by atoms with E-state index in [9.17, 15) is 9.59 Å². The third-order valence-electron chi connectivity index (χ3n) is 2.74. The Morgan fingerprint density at radius 2 is 1.88 bits per heavy atom. The van der Waals surface area contributed by atoms with Crippen LogP contribution in [0.4, 0.5) is 5.69 Å². The van der Waals surface area contributed by atoms with Crippen molar-refractivity contribution in [3.63, 3.8) is 0 Å². The predicted molar refractivity (Wildman–Crippen MR) is 66.4 cm³/mol.